The lowest BCUT2D eigenvalue weighted by molar-refractivity contribution is -0.103. The summed E-state index contributed by atoms with van der Waals surface area (Å²) in [6.45, 7) is 3.30. The molecule has 22 heavy (non-hydrogen) atoms. The molecule has 5 heteroatoms. The Hall–Kier alpha value is -1.20. The van der Waals surface area contributed by atoms with Crippen LogP contribution in [0.15, 0.2) is 6.07 Å². The first-order valence-electron chi connectivity index (χ1n) is 8.43. The Kier molecular flexibility index (Phi) is 4.93. The molecule has 2 fully saturated rings. The third-order valence-electron chi connectivity index (χ3n) is 4.78. The second kappa shape index (κ2) is 6.92. The summed E-state index contributed by atoms with van der Waals surface area (Å²) in [5.74, 6) is 1.65. The van der Waals surface area contributed by atoms with Crippen molar-refractivity contribution >= 4 is 5.82 Å². The van der Waals surface area contributed by atoms with Gasteiger partial charge in [0.05, 0.1) is 5.60 Å². The molecule has 1 aromatic heterocycles. The van der Waals surface area contributed by atoms with E-state index in [1.165, 1.54) is 32.1 Å². The lowest BCUT2D eigenvalue weighted by atomic mass is 9.78. The summed E-state index contributed by atoms with van der Waals surface area (Å²) in [6, 6.07) is 2.46. The number of aryl methyl sites for hydroxylation is 1. The van der Waals surface area contributed by atoms with Gasteiger partial charge in [0.15, 0.2) is 5.82 Å². The fourth-order valence-corrected chi connectivity index (χ4v) is 3.80. The number of methoxy groups -OCH3 is 1. The van der Waals surface area contributed by atoms with Crippen molar-refractivity contribution in [3.63, 3.8) is 0 Å². The molecule has 3 rings (SSSR count). The highest BCUT2D eigenvalue weighted by molar-refractivity contribution is 5.37. The van der Waals surface area contributed by atoms with Gasteiger partial charge in [-0.1, -0.05) is 19.3 Å². The van der Waals surface area contributed by atoms with Crippen LogP contribution >= 0.6 is 0 Å². The monoisotopic (exact) mass is 305 g/mol. The molecule has 2 aliphatic rings. The number of aromatic nitrogens is 2. The molecule has 0 amide bonds. The van der Waals surface area contributed by atoms with E-state index in [1.807, 2.05) is 13.0 Å². The molecule has 1 aromatic rings. The topological polar surface area (TPSA) is 56.3 Å². The summed E-state index contributed by atoms with van der Waals surface area (Å²) in [5.41, 5.74) is 1.09. The normalized spacial score (nSPS) is 24.4. The Balaban J connectivity index is 1.67. The first-order chi connectivity index (χ1) is 10.7. The molecule has 122 valence electrons. The van der Waals surface area contributed by atoms with Crippen LogP contribution in [0, 0.1) is 6.92 Å². The van der Waals surface area contributed by atoms with Crippen LogP contribution in [0.25, 0.3) is 0 Å². The molecule has 1 spiro atoms. The maximum Gasteiger partial charge on any atom is 0.156 e. The molecule has 1 aliphatic carbocycles. The van der Waals surface area contributed by atoms with Gasteiger partial charge in [0, 0.05) is 31.5 Å². The van der Waals surface area contributed by atoms with Crippen molar-refractivity contribution in [3.05, 3.63) is 17.6 Å². The molecule has 0 bridgehead atoms. The minimum Gasteiger partial charge on any atom is -0.377 e. The SMILES string of the molecule is COCc1nc(C)cc(N[C@H]2CCOC3(CCCCC3)C2)n1. The number of ether oxygens (including phenoxy) is 2. The zero-order valence-corrected chi connectivity index (χ0v) is 13.7. The Morgan fingerprint density at radius 3 is 2.91 bits per heavy atom. The van der Waals surface area contributed by atoms with Gasteiger partial charge in [-0.2, -0.15) is 0 Å². The molecule has 5 nitrogen and oxygen atoms in total. The van der Waals surface area contributed by atoms with E-state index >= 15 is 0 Å². The number of hydrogen-bond donors (Lipinski definition) is 1. The van der Waals surface area contributed by atoms with Gasteiger partial charge in [0.25, 0.3) is 0 Å². The summed E-state index contributed by atoms with van der Waals surface area (Å²) in [7, 11) is 1.67. The zero-order chi connectivity index (χ0) is 15.4. The average molecular weight is 305 g/mol. The lowest BCUT2D eigenvalue weighted by Gasteiger charge is -2.43. The predicted molar refractivity (Wildman–Crippen MR) is 85.9 cm³/mol. The molecule has 1 saturated carbocycles. The lowest BCUT2D eigenvalue weighted by Crippen LogP contribution is -2.45. The molecular formula is C17H27N3O2. The minimum atomic E-state index is 0.117. The molecule has 1 saturated heterocycles. The number of anilines is 1. The second-order valence-electron chi connectivity index (χ2n) is 6.67. The van der Waals surface area contributed by atoms with Crippen LogP contribution in [0.1, 0.15) is 56.5 Å². The van der Waals surface area contributed by atoms with E-state index in [0.717, 1.165) is 36.8 Å². The molecule has 1 aliphatic heterocycles. The van der Waals surface area contributed by atoms with Crippen LogP contribution in [0.4, 0.5) is 5.82 Å². The van der Waals surface area contributed by atoms with Gasteiger partial charge in [-0.15, -0.1) is 0 Å². The molecule has 0 aromatic carbocycles. The Labute approximate surface area is 132 Å². The van der Waals surface area contributed by atoms with E-state index in [4.69, 9.17) is 9.47 Å². The van der Waals surface area contributed by atoms with Crippen molar-refractivity contribution in [3.8, 4) is 0 Å². The van der Waals surface area contributed by atoms with Gasteiger partial charge in [-0.3, -0.25) is 0 Å². The first kappa shape index (κ1) is 15.7. The van der Waals surface area contributed by atoms with E-state index in [0.29, 0.717) is 12.6 Å². The maximum absolute atomic E-state index is 6.17. The van der Waals surface area contributed by atoms with Gasteiger partial charge in [0.2, 0.25) is 0 Å². The molecule has 0 radical (unpaired) electrons. The molecule has 0 unspecified atom stereocenters. The number of hydrogen-bond acceptors (Lipinski definition) is 5. The van der Waals surface area contributed by atoms with Crippen molar-refractivity contribution in [2.45, 2.75) is 70.1 Å². The van der Waals surface area contributed by atoms with Gasteiger partial charge >= 0.3 is 0 Å². The fraction of sp³-hybridized carbons (Fsp3) is 0.765. The third kappa shape index (κ3) is 3.76. The van der Waals surface area contributed by atoms with Crippen molar-refractivity contribution in [2.75, 3.05) is 19.0 Å². The van der Waals surface area contributed by atoms with E-state index in [2.05, 4.69) is 15.3 Å². The van der Waals surface area contributed by atoms with Crippen LogP contribution in [0.3, 0.4) is 0 Å². The summed E-state index contributed by atoms with van der Waals surface area (Å²) in [5, 5.41) is 3.61. The average Bonchev–Trinajstić information content (AvgIpc) is 2.48. The summed E-state index contributed by atoms with van der Waals surface area (Å²) in [4.78, 5) is 8.96. The Morgan fingerprint density at radius 2 is 2.14 bits per heavy atom. The minimum absolute atomic E-state index is 0.117. The van der Waals surface area contributed by atoms with Gasteiger partial charge in [0.1, 0.15) is 12.4 Å². The second-order valence-corrected chi connectivity index (χ2v) is 6.67. The van der Waals surface area contributed by atoms with Crippen LogP contribution in [0.5, 0.6) is 0 Å². The predicted octanol–water partition coefficient (Wildman–Crippen LogP) is 3.23. The third-order valence-corrected chi connectivity index (χ3v) is 4.78. The van der Waals surface area contributed by atoms with Crippen LogP contribution in [-0.2, 0) is 16.1 Å². The standard InChI is InChI=1S/C17H27N3O2/c1-13-10-15(20-16(18-13)12-21-2)19-14-6-9-22-17(11-14)7-4-3-5-8-17/h10,14H,3-9,11-12H2,1-2H3,(H,18,19,20)/t14-/m0/s1. The van der Waals surface area contributed by atoms with Crippen LogP contribution < -0.4 is 5.32 Å². The molecule has 1 N–H and O–H groups in total. The maximum atomic E-state index is 6.17. The Bertz CT molecular complexity index is 495. The van der Waals surface area contributed by atoms with Crippen LogP contribution in [-0.4, -0.2) is 35.3 Å². The first-order valence-corrected chi connectivity index (χ1v) is 8.43. The van der Waals surface area contributed by atoms with E-state index < -0.39 is 0 Å². The van der Waals surface area contributed by atoms with Crippen molar-refractivity contribution in [1.29, 1.82) is 0 Å². The highest BCUT2D eigenvalue weighted by Gasteiger charge is 2.38. The molecule has 2 heterocycles. The summed E-state index contributed by atoms with van der Waals surface area (Å²) in [6.07, 6.45) is 8.52. The van der Waals surface area contributed by atoms with Crippen molar-refractivity contribution in [2.24, 2.45) is 0 Å². The smallest absolute Gasteiger partial charge is 0.156 e. The largest absolute Gasteiger partial charge is 0.377 e. The quantitative estimate of drug-likeness (QED) is 0.925. The van der Waals surface area contributed by atoms with Gasteiger partial charge < -0.3 is 14.8 Å². The zero-order valence-electron chi connectivity index (χ0n) is 13.7. The van der Waals surface area contributed by atoms with Crippen LogP contribution in [0.2, 0.25) is 0 Å². The fourth-order valence-electron chi connectivity index (χ4n) is 3.80. The molecule has 1 atom stereocenters. The van der Waals surface area contributed by atoms with E-state index in [1.54, 1.807) is 7.11 Å². The Morgan fingerprint density at radius 1 is 1.32 bits per heavy atom. The highest BCUT2D eigenvalue weighted by Crippen LogP contribution is 2.39. The van der Waals surface area contributed by atoms with Crippen molar-refractivity contribution < 1.29 is 9.47 Å². The summed E-state index contributed by atoms with van der Waals surface area (Å²) >= 11 is 0. The molecular weight excluding hydrogens is 278 g/mol. The number of nitrogens with one attached hydrogen (secondary N) is 1. The van der Waals surface area contributed by atoms with Crippen molar-refractivity contribution in [1.82, 2.24) is 9.97 Å². The van der Waals surface area contributed by atoms with E-state index in [9.17, 15) is 0 Å². The summed E-state index contributed by atoms with van der Waals surface area (Å²) < 4.78 is 11.3. The van der Waals surface area contributed by atoms with Gasteiger partial charge in [-0.25, -0.2) is 9.97 Å². The van der Waals surface area contributed by atoms with Gasteiger partial charge in [-0.05, 0) is 32.6 Å². The highest BCUT2D eigenvalue weighted by atomic mass is 16.5. The number of nitrogens with zero attached hydrogens (tertiary/aromatic N) is 2. The van der Waals surface area contributed by atoms with E-state index in [-0.39, 0.29) is 5.60 Å². The number of rotatable bonds is 4.